The van der Waals surface area contributed by atoms with Gasteiger partial charge in [-0.1, -0.05) is 24.3 Å². The van der Waals surface area contributed by atoms with Crippen LogP contribution in [0.15, 0.2) is 60.9 Å². The van der Waals surface area contributed by atoms with Crippen LogP contribution in [0.1, 0.15) is 37.7 Å². The molecular formula is C30H34N6O2. The first-order valence-electron chi connectivity index (χ1n) is 13.6. The minimum absolute atomic E-state index is 0.0682. The van der Waals surface area contributed by atoms with Gasteiger partial charge in [0, 0.05) is 41.4 Å². The van der Waals surface area contributed by atoms with E-state index in [4.69, 9.17) is 9.72 Å². The van der Waals surface area contributed by atoms with Crippen LogP contribution in [-0.2, 0) is 0 Å². The maximum atomic E-state index is 10.4. The molecule has 2 aromatic carbocycles. The van der Waals surface area contributed by atoms with Crippen molar-refractivity contribution < 1.29 is 9.84 Å². The van der Waals surface area contributed by atoms with Crippen molar-refractivity contribution in [2.45, 2.75) is 57.2 Å². The molecule has 1 aliphatic heterocycles. The van der Waals surface area contributed by atoms with Crippen molar-refractivity contribution in [3.8, 4) is 22.9 Å². The Morgan fingerprint density at radius 2 is 1.87 bits per heavy atom. The van der Waals surface area contributed by atoms with Gasteiger partial charge in [0.05, 0.1) is 23.4 Å². The molecule has 1 aliphatic carbocycles. The zero-order valence-corrected chi connectivity index (χ0v) is 21.7. The summed E-state index contributed by atoms with van der Waals surface area (Å²) in [7, 11) is 0. The van der Waals surface area contributed by atoms with Crippen LogP contribution in [0.4, 0.5) is 11.6 Å². The molecule has 2 aromatic heterocycles. The van der Waals surface area contributed by atoms with E-state index in [2.05, 4.69) is 50.2 Å². The lowest BCUT2D eigenvalue weighted by Crippen LogP contribution is -2.38. The minimum atomic E-state index is -0.316. The van der Waals surface area contributed by atoms with Crippen LogP contribution in [0.25, 0.3) is 22.0 Å². The van der Waals surface area contributed by atoms with E-state index in [0.29, 0.717) is 17.9 Å². The second kappa shape index (κ2) is 10.9. The summed E-state index contributed by atoms with van der Waals surface area (Å²) in [5, 5.41) is 22.9. The van der Waals surface area contributed by atoms with Crippen LogP contribution in [0, 0.1) is 6.92 Å². The Kier molecular flexibility index (Phi) is 7.07. The second-order valence-corrected chi connectivity index (χ2v) is 10.3. The standard InChI is InChI=1S/C30H34N6O2/c1-19-12-13-21-22(7-2-9-24(21)35-26-10-3-11-27(26)37)28(19)38-29-23(8-5-16-32-29)25-14-17-33-30(36-25)34-20-6-4-15-31-18-20/h2,5,7-9,12-14,16-17,20,26-27,31,35,37H,3-4,6,10-11,15,18H2,1H3,(H,33,34,36)/t20-,26?,27+/m0/s1. The number of aliphatic hydroxyl groups excluding tert-OH is 1. The zero-order valence-electron chi connectivity index (χ0n) is 21.7. The van der Waals surface area contributed by atoms with Crippen LogP contribution in [0.2, 0.25) is 0 Å². The van der Waals surface area contributed by atoms with Gasteiger partial charge in [0.2, 0.25) is 11.8 Å². The molecule has 1 saturated carbocycles. The Morgan fingerprint density at radius 3 is 2.71 bits per heavy atom. The van der Waals surface area contributed by atoms with E-state index < -0.39 is 0 Å². The number of aromatic nitrogens is 3. The smallest absolute Gasteiger partial charge is 0.228 e. The van der Waals surface area contributed by atoms with Gasteiger partial charge < -0.3 is 25.8 Å². The molecule has 1 unspecified atom stereocenters. The molecule has 4 N–H and O–H groups in total. The third-order valence-corrected chi connectivity index (χ3v) is 7.56. The monoisotopic (exact) mass is 510 g/mol. The molecule has 2 aliphatic rings. The highest BCUT2D eigenvalue weighted by molar-refractivity contribution is 5.98. The first kappa shape index (κ1) is 24.6. The summed E-state index contributed by atoms with van der Waals surface area (Å²) in [5.41, 5.74) is 3.58. The molecule has 3 atom stereocenters. The van der Waals surface area contributed by atoms with Crippen molar-refractivity contribution >= 4 is 22.4 Å². The SMILES string of the molecule is Cc1ccc2c(NC3CCC[C@H]3O)cccc2c1Oc1ncccc1-c1ccnc(N[C@H]2CCCNC2)n1. The fourth-order valence-corrected chi connectivity index (χ4v) is 5.51. The first-order valence-corrected chi connectivity index (χ1v) is 13.6. The number of piperidine rings is 1. The summed E-state index contributed by atoms with van der Waals surface area (Å²) in [5.74, 6) is 1.87. The summed E-state index contributed by atoms with van der Waals surface area (Å²) in [6.07, 6.45) is 8.28. The van der Waals surface area contributed by atoms with Gasteiger partial charge in [0.1, 0.15) is 5.75 Å². The molecule has 8 nitrogen and oxygen atoms in total. The molecule has 4 aromatic rings. The molecule has 0 bridgehead atoms. The third-order valence-electron chi connectivity index (χ3n) is 7.56. The molecule has 38 heavy (non-hydrogen) atoms. The fraction of sp³-hybridized carbons (Fsp3) is 0.367. The number of pyridine rings is 1. The van der Waals surface area contributed by atoms with Gasteiger partial charge in [-0.2, -0.15) is 0 Å². The van der Waals surface area contributed by atoms with Crippen molar-refractivity contribution in [2.75, 3.05) is 23.7 Å². The summed E-state index contributed by atoms with van der Waals surface area (Å²) < 4.78 is 6.56. The van der Waals surface area contributed by atoms with E-state index in [-0.39, 0.29) is 12.1 Å². The second-order valence-electron chi connectivity index (χ2n) is 10.3. The van der Waals surface area contributed by atoms with Gasteiger partial charge in [0.25, 0.3) is 0 Å². The highest BCUT2D eigenvalue weighted by Crippen LogP contribution is 2.39. The van der Waals surface area contributed by atoms with Crippen molar-refractivity contribution in [1.29, 1.82) is 0 Å². The average Bonchev–Trinajstić information content (AvgIpc) is 3.35. The minimum Gasteiger partial charge on any atom is -0.437 e. The Morgan fingerprint density at radius 1 is 0.921 bits per heavy atom. The van der Waals surface area contributed by atoms with E-state index in [1.165, 1.54) is 0 Å². The zero-order chi connectivity index (χ0) is 25.9. The van der Waals surface area contributed by atoms with Crippen molar-refractivity contribution in [3.05, 3.63) is 66.5 Å². The van der Waals surface area contributed by atoms with Gasteiger partial charge in [0.15, 0.2) is 0 Å². The van der Waals surface area contributed by atoms with Gasteiger partial charge in [-0.05, 0) is 75.4 Å². The molecule has 0 amide bonds. The number of nitrogens with zero attached hydrogens (tertiary/aromatic N) is 3. The van der Waals surface area contributed by atoms with Crippen molar-refractivity contribution in [3.63, 3.8) is 0 Å². The quantitative estimate of drug-likeness (QED) is 0.266. The Bertz CT molecular complexity index is 1420. The first-order chi connectivity index (χ1) is 18.7. The molecule has 0 spiro atoms. The highest BCUT2D eigenvalue weighted by Gasteiger charge is 2.25. The lowest BCUT2D eigenvalue weighted by Gasteiger charge is -2.23. The van der Waals surface area contributed by atoms with E-state index in [9.17, 15) is 5.11 Å². The average molecular weight is 511 g/mol. The Labute approximate surface area is 222 Å². The number of anilines is 2. The molecular weight excluding hydrogens is 476 g/mol. The number of ether oxygens (including phenoxy) is 1. The molecule has 2 fully saturated rings. The van der Waals surface area contributed by atoms with Gasteiger partial charge >= 0.3 is 0 Å². The molecule has 1 saturated heterocycles. The number of nitrogens with one attached hydrogen (secondary N) is 3. The van der Waals surface area contributed by atoms with Crippen LogP contribution in [-0.4, -0.2) is 51.3 Å². The Hall–Kier alpha value is -3.75. The van der Waals surface area contributed by atoms with Gasteiger partial charge in [-0.3, -0.25) is 0 Å². The number of hydrogen-bond acceptors (Lipinski definition) is 8. The molecule has 6 rings (SSSR count). The van der Waals surface area contributed by atoms with E-state index in [1.54, 1.807) is 12.4 Å². The number of aryl methyl sites for hydroxylation is 1. The van der Waals surface area contributed by atoms with Crippen molar-refractivity contribution in [2.24, 2.45) is 0 Å². The van der Waals surface area contributed by atoms with E-state index in [0.717, 1.165) is 84.2 Å². The predicted octanol–water partition coefficient (Wildman–Crippen LogP) is 5.28. The van der Waals surface area contributed by atoms with Crippen LogP contribution in [0.5, 0.6) is 11.6 Å². The summed E-state index contributed by atoms with van der Waals surface area (Å²) in [6.45, 7) is 4.01. The number of fused-ring (bicyclic) bond motifs is 1. The van der Waals surface area contributed by atoms with Gasteiger partial charge in [-0.25, -0.2) is 15.0 Å². The summed E-state index contributed by atoms with van der Waals surface area (Å²) in [4.78, 5) is 13.8. The molecule has 196 valence electrons. The summed E-state index contributed by atoms with van der Waals surface area (Å²) in [6, 6.07) is 16.5. The molecule has 3 heterocycles. The third kappa shape index (κ3) is 5.14. The highest BCUT2D eigenvalue weighted by atomic mass is 16.5. The topological polar surface area (TPSA) is 104 Å². The predicted molar refractivity (Wildman–Crippen MR) is 151 cm³/mol. The molecule has 0 radical (unpaired) electrons. The van der Waals surface area contributed by atoms with Crippen LogP contribution < -0.4 is 20.7 Å². The molecule has 8 heteroatoms. The number of benzene rings is 2. The summed E-state index contributed by atoms with van der Waals surface area (Å²) >= 11 is 0. The number of aliphatic hydroxyl groups is 1. The maximum absolute atomic E-state index is 10.4. The van der Waals surface area contributed by atoms with Crippen LogP contribution >= 0.6 is 0 Å². The Balaban J connectivity index is 1.32. The number of rotatable bonds is 7. The van der Waals surface area contributed by atoms with Gasteiger partial charge in [-0.15, -0.1) is 0 Å². The lowest BCUT2D eigenvalue weighted by molar-refractivity contribution is 0.172. The number of hydrogen-bond donors (Lipinski definition) is 4. The largest absolute Gasteiger partial charge is 0.437 e. The van der Waals surface area contributed by atoms with E-state index >= 15 is 0 Å². The normalized spacial score (nSPS) is 21.4. The fourth-order valence-electron chi connectivity index (χ4n) is 5.51. The van der Waals surface area contributed by atoms with Crippen LogP contribution in [0.3, 0.4) is 0 Å². The maximum Gasteiger partial charge on any atom is 0.228 e. The van der Waals surface area contributed by atoms with E-state index in [1.807, 2.05) is 31.2 Å². The lowest BCUT2D eigenvalue weighted by atomic mass is 10.0. The van der Waals surface area contributed by atoms with Crippen molar-refractivity contribution in [1.82, 2.24) is 20.3 Å².